The van der Waals surface area contributed by atoms with Crippen LogP contribution < -0.4 is 5.32 Å². The number of furan rings is 1. The van der Waals surface area contributed by atoms with Gasteiger partial charge in [-0.2, -0.15) is 0 Å². The van der Waals surface area contributed by atoms with E-state index in [4.69, 9.17) is 4.42 Å². The first-order valence-electron chi connectivity index (χ1n) is 8.28. The Bertz CT molecular complexity index is 878. The number of hydrogen-bond acceptors (Lipinski definition) is 3. The summed E-state index contributed by atoms with van der Waals surface area (Å²) in [5.41, 5.74) is 2.12. The summed E-state index contributed by atoms with van der Waals surface area (Å²) >= 11 is 0. The van der Waals surface area contributed by atoms with Crippen molar-refractivity contribution in [1.82, 2.24) is 9.88 Å². The van der Waals surface area contributed by atoms with Crippen LogP contribution in [-0.2, 0) is 11.8 Å². The quantitative estimate of drug-likeness (QED) is 0.677. The fraction of sp³-hybridized carbons (Fsp3) is 0.250. The number of nitrogens with zero attached hydrogens (tertiary/aromatic N) is 1. The number of amides is 1. The molecule has 2 N–H and O–H groups in total. The molecule has 2 aromatic heterocycles. The van der Waals surface area contributed by atoms with E-state index in [1.807, 2.05) is 55.1 Å². The lowest BCUT2D eigenvalue weighted by molar-refractivity contribution is -0.117. The minimum atomic E-state index is -0.729. The zero-order valence-electron chi connectivity index (χ0n) is 14.3. The van der Waals surface area contributed by atoms with Crippen molar-refractivity contribution in [2.24, 2.45) is 7.05 Å². The van der Waals surface area contributed by atoms with Gasteiger partial charge in [-0.25, -0.2) is 0 Å². The maximum Gasteiger partial charge on any atom is 0.244 e. The second kappa shape index (κ2) is 7.40. The van der Waals surface area contributed by atoms with Gasteiger partial charge in [-0.15, -0.1) is 0 Å². The molecule has 0 saturated carbocycles. The number of para-hydroxylation sites is 1. The molecular formula is C20H22N2O3. The molecule has 3 rings (SSSR count). The Balaban J connectivity index is 1.60. The maximum atomic E-state index is 12.1. The fourth-order valence-corrected chi connectivity index (χ4v) is 2.95. The summed E-state index contributed by atoms with van der Waals surface area (Å²) in [4.78, 5) is 12.1. The van der Waals surface area contributed by atoms with E-state index >= 15 is 0 Å². The summed E-state index contributed by atoms with van der Waals surface area (Å²) in [7, 11) is 1.98. The summed E-state index contributed by atoms with van der Waals surface area (Å²) in [5, 5.41) is 14.0. The number of aliphatic hydroxyl groups is 1. The van der Waals surface area contributed by atoms with Crippen molar-refractivity contribution in [3.63, 3.8) is 0 Å². The van der Waals surface area contributed by atoms with Gasteiger partial charge >= 0.3 is 0 Å². The smallest absolute Gasteiger partial charge is 0.244 e. The van der Waals surface area contributed by atoms with Crippen LogP contribution in [0.3, 0.4) is 0 Å². The minimum Gasteiger partial charge on any atom is -0.467 e. The fourth-order valence-electron chi connectivity index (χ4n) is 2.95. The van der Waals surface area contributed by atoms with E-state index in [1.165, 1.54) is 12.3 Å². The number of benzene rings is 1. The first-order valence-corrected chi connectivity index (χ1v) is 8.28. The number of nitrogens with one attached hydrogen (secondary N) is 1. The van der Waals surface area contributed by atoms with Gasteiger partial charge in [0.1, 0.15) is 11.9 Å². The molecule has 0 aliphatic rings. The van der Waals surface area contributed by atoms with Crippen LogP contribution in [0.25, 0.3) is 17.0 Å². The van der Waals surface area contributed by atoms with Gasteiger partial charge in [0.05, 0.1) is 6.26 Å². The highest BCUT2D eigenvalue weighted by Crippen LogP contribution is 2.21. The highest BCUT2D eigenvalue weighted by Gasteiger charge is 2.15. The standard InChI is InChI=1S/C20H22N2O3/c1-14(12-18(23)19-8-5-11-25-19)21-20(24)10-9-15-13-22(2)17-7-4-3-6-16(15)17/h3-11,13-14,18,23H,12H2,1-2H3,(H,21,24)/b10-9+. The van der Waals surface area contributed by atoms with Crippen LogP contribution >= 0.6 is 0 Å². The van der Waals surface area contributed by atoms with Crippen LogP contribution in [0.15, 0.2) is 59.4 Å². The van der Waals surface area contributed by atoms with Gasteiger partial charge in [-0.1, -0.05) is 18.2 Å². The van der Waals surface area contributed by atoms with E-state index in [9.17, 15) is 9.90 Å². The molecule has 2 atom stereocenters. The molecule has 5 nitrogen and oxygen atoms in total. The van der Waals surface area contributed by atoms with Gasteiger partial charge in [0.15, 0.2) is 0 Å². The molecule has 1 aromatic carbocycles. The Kier molecular flexibility index (Phi) is 5.05. The Labute approximate surface area is 146 Å². The summed E-state index contributed by atoms with van der Waals surface area (Å²) in [5.74, 6) is 0.319. The third kappa shape index (κ3) is 4.00. The number of aryl methyl sites for hydroxylation is 1. The van der Waals surface area contributed by atoms with Crippen LogP contribution in [-0.4, -0.2) is 21.6 Å². The number of hydrogen-bond donors (Lipinski definition) is 2. The zero-order chi connectivity index (χ0) is 17.8. The molecule has 0 spiro atoms. The Morgan fingerprint density at radius 2 is 2.12 bits per heavy atom. The summed E-state index contributed by atoms with van der Waals surface area (Å²) in [6.07, 6.45) is 6.52. The van der Waals surface area contributed by atoms with E-state index in [0.29, 0.717) is 12.2 Å². The van der Waals surface area contributed by atoms with Gasteiger partial charge in [0, 0.05) is 48.2 Å². The average molecular weight is 338 g/mol. The molecule has 1 amide bonds. The second-order valence-corrected chi connectivity index (χ2v) is 6.22. The maximum absolute atomic E-state index is 12.1. The van der Waals surface area contributed by atoms with Gasteiger partial charge in [0.2, 0.25) is 5.91 Å². The Morgan fingerprint density at radius 1 is 1.32 bits per heavy atom. The predicted molar refractivity (Wildman–Crippen MR) is 97.8 cm³/mol. The molecule has 0 bridgehead atoms. The lowest BCUT2D eigenvalue weighted by Gasteiger charge is -2.15. The van der Waals surface area contributed by atoms with Crippen LogP contribution in [0.1, 0.15) is 30.8 Å². The number of aromatic nitrogens is 1. The SMILES string of the molecule is CC(CC(O)c1ccco1)NC(=O)/C=C/c1cn(C)c2ccccc12. The molecule has 0 fully saturated rings. The number of carbonyl (C=O) groups is 1. The molecule has 0 aliphatic heterocycles. The van der Waals surface area contributed by atoms with Crippen molar-refractivity contribution in [2.75, 3.05) is 0 Å². The predicted octanol–water partition coefficient (Wildman–Crippen LogP) is 3.41. The average Bonchev–Trinajstić information content (AvgIpc) is 3.22. The van der Waals surface area contributed by atoms with Crippen molar-refractivity contribution >= 4 is 22.9 Å². The lowest BCUT2D eigenvalue weighted by Crippen LogP contribution is -2.32. The Morgan fingerprint density at radius 3 is 2.88 bits per heavy atom. The molecular weight excluding hydrogens is 316 g/mol. The third-order valence-electron chi connectivity index (χ3n) is 4.18. The van der Waals surface area contributed by atoms with Crippen LogP contribution in [0.5, 0.6) is 0 Å². The first-order chi connectivity index (χ1) is 12.0. The third-order valence-corrected chi connectivity index (χ3v) is 4.18. The number of fused-ring (bicyclic) bond motifs is 1. The highest BCUT2D eigenvalue weighted by molar-refractivity contribution is 5.96. The largest absolute Gasteiger partial charge is 0.467 e. The van der Waals surface area contributed by atoms with Crippen molar-refractivity contribution in [3.8, 4) is 0 Å². The lowest BCUT2D eigenvalue weighted by atomic mass is 10.1. The normalized spacial score (nSPS) is 14.0. The van der Waals surface area contributed by atoms with Crippen molar-refractivity contribution in [2.45, 2.75) is 25.5 Å². The van der Waals surface area contributed by atoms with Crippen LogP contribution in [0.4, 0.5) is 0 Å². The zero-order valence-corrected chi connectivity index (χ0v) is 14.3. The van der Waals surface area contributed by atoms with E-state index in [2.05, 4.69) is 5.32 Å². The van der Waals surface area contributed by atoms with Crippen molar-refractivity contribution < 1.29 is 14.3 Å². The Hall–Kier alpha value is -2.79. The topological polar surface area (TPSA) is 67.4 Å². The minimum absolute atomic E-state index is 0.176. The van der Waals surface area contributed by atoms with Gasteiger partial charge in [-0.3, -0.25) is 4.79 Å². The number of carbonyl (C=O) groups excluding carboxylic acids is 1. The molecule has 0 aliphatic carbocycles. The number of aliphatic hydroxyl groups excluding tert-OH is 1. The van der Waals surface area contributed by atoms with Crippen LogP contribution in [0.2, 0.25) is 0 Å². The molecule has 3 aromatic rings. The van der Waals surface area contributed by atoms with Crippen molar-refractivity contribution in [3.05, 3.63) is 66.3 Å². The van der Waals surface area contributed by atoms with Crippen LogP contribution in [0, 0.1) is 0 Å². The molecule has 0 radical (unpaired) electrons. The van der Waals surface area contributed by atoms with Gasteiger partial charge in [-0.05, 0) is 31.2 Å². The molecule has 130 valence electrons. The van der Waals surface area contributed by atoms with E-state index in [1.54, 1.807) is 12.1 Å². The van der Waals surface area contributed by atoms with Gasteiger partial charge in [0.25, 0.3) is 0 Å². The van der Waals surface area contributed by atoms with E-state index in [-0.39, 0.29) is 11.9 Å². The summed E-state index contributed by atoms with van der Waals surface area (Å²) in [6, 6.07) is 11.3. The monoisotopic (exact) mass is 338 g/mol. The van der Waals surface area contributed by atoms with Gasteiger partial charge < -0.3 is 19.4 Å². The molecule has 25 heavy (non-hydrogen) atoms. The molecule has 5 heteroatoms. The highest BCUT2D eigenvalue weighted by atomic mass is 16.4. The van der Waals surface area contributed by atoms with E-state index in [0.717, 1.165) is 16.5 Å². The number of rotatable bonds is 6. The molecule has 2 heterocycles. The van der Waals surface area contributed by atoms with Crippen molar-refractivity contribution in [1.29, 1.82) is 0 Å². The summed E-state index contributed by atoms with van der Waals surface area (Å²) in [6.45, 7) is 1.86. The first kappa shape index (κ1) is 17.0. The van der Waals surface area contributed by atoms with E-state index < -0.39 is 6.10 Å². The molecule has 2 unspecified atom stereocenters. The summed E-state index contributed by atoms with van der Waals surface area (Å²) < 4.78 is 7.21. The second-order valence-electron chi connectivity index (χ2n) is 6.22. The molecule has 0 saturated heterocycles.